The summed E-state index contributed by atoms with van der Waals surface area (Å²) >= 11 is 0. The van der Waals surface area contributed by atoms with E-state index in [0.29, 0.717) is 0 Å². The van der Waals surface area contributed by atoms with Gasteiger partial charge in [-0.15, -0.1) is 0 Å². The minimum absolute atomic E-state index is 0.816. The van der Waals surface area contributed by atoms with E-state index in [0.717, 1.165) is 23.1 Å². The number of aryl methyl sites for hydroxylation is 1. The fraction of sp³-hybridized carbons (Fsp3) is 0.133. The van der Waals surface area contributed by atoms with E-state index in [4.69, 9.17) is 0 Å². The number of benzene rings is 1. The molecule has 86 valence electrons. The third kappa shape index (κ3) is 3.76. The summed E-state index contributed by atoms with van der Waals surface area (Å²) in [7, 11) is 0. The molecule has 1 heterocycles. The molecule has 0 aliphatic rings. The highest BCUT2D eigenvalue weighted by Crippen LogP contribution is 2.05. The van der Waals surface area contributed by atoms with E-state index >= 15 is 0 Å². The molecule has 17 heavy (non-hydrogen) atoms. The fourth-order valence-electron chi connectivity index (χ4n) is 1.68. The summed E-state index contributed by atoms with van der Waals surface area (Å²) in [5.74, 6) is 0. The van der Waals surface area contributed by atoms with Gasteiger partial charge in [-0.3, -0.25) is 0 Å². The minimum atomic E-state index is 0.816. The highest BCUT2D eigenvalue weighted by molar-refractivity contribution is 5.46. The van der Waals surface area contributed by atoms with Crippen LogP contribution in [0.5, 0.6) is 0 Å². The first-order valence-electron chi connectivity index (χ1n) is 5.74. The molecule has 0 amide bonds. The zero-order valence-electron chi connectivity index (χ0n) is 9.62. The summed E-state index contributed by atoms with van der Waals surface area (Å²) in [6, 6.07) is 14.1. The van der Waals surface area contributed by atoms with Crippen LogP contribution < -0.4 is 4.73 Å². The smallest absolute Gasteiger partial charge is 0.187 e. The number of nitrogens with zero attached hydrogens (tertiary/aromatic N) is 1. The van der Waals surface area contributed by atoms with Gasteiger partial charge in [0.2, 0.25) is 0 Å². The van der Waals surface area contributed by atoms with E-state index < -0.39 is 0 Å². The predicted molar refractivity (Wildman–Crippen MR) is 69.2 cm³/mol. The van der Waals surface area contributed by atoms with Crippen LogP contribution in [0.4, 0.5) is 0 Å². The Balaban J connectivity index is 1.86. The summed E-state index contributed by atoms with van der Waals surface area (Å²) in [5, 5.41) is 11.0. The van der Waals surface area contributed by atoms with E-state index in [-0.39, 0.29) is 0 Å². The summed E-state index contributed by atoms with van der Waals surface area (Å²) in [6.07, 6.45) is 9.15. The van der Waals surface area contributed by atoms with Crippen LogP contribution in [0, 0.1) is 5.21 Å². The molecule has 0 spiro atoms. The highest BCUT2D eigenvalue weighted by Gasteiger charge is 1.92. The van der Waals surface area contributed by atoms with Crippen LogP contribution in [0.25, 0.3) is 6.08 Å². The van der Waals surface area contributed by atoms with Crippen molar-refractivity contribution < 1.29 is 4.73 Å². The van der Waals surface area contributed by atoms with Gasteiger partial charge in [-0.05, 0) is 24.5 Å². The highest BCUT2D eigenvalue weighted by atomic mass is 16.5. The number of aromatic nitrogens is 1. The Hall–Kier alpha value is -2.09. The zero-order valence-corrected chi connectivity index (χ0v) is 9.62. The zero-order chi connectivity index (χ0) is 11.9. The molecule has 0 atom stereocenters. The van der Waals surface area contributed by atoms with Gasteiger partial charge in [-0.2, -0.15) is 4.73 Å². The molecule has 0 radical (unpaired) electrons. The van der Waals surface area contributed by atoms with Crippen LogP contribution in [0.3, 0.4) is 0 Å². The van der Waals surface area contributed by atoms with Crippen LogP contribution in [0.1, 0.15) is 17.5 Å². The van der Waals surface area contributed by atoms with Crippen molar-refractivity contribution in [3.63, 3.8) is 0 Å². The molecule has 1 aromatic carbocycles. The lowest BCUT2D eigenvalue weighted by Gasteiger charge is -1.97. The lowest BCUT2D eigenvalue weighted by atomic mass is 10.1. The Morgan fingerprint density at radius 3 is 2.65 bits per heavy atom. The molecule has 0 aliphatic heterocycles. The normalized spacial score (nSPS) is 10.8. The Kier molecular flexibility index (Phi) is 3.92. The largest absolute Gasteiger partial charge is 0.619 e. The van der Waals surface area contributed by atoms with Gasteiger partial charge in [0.25, 0.3) is 0 Å². The first-order valence-corrected chi connectivity index (χ1v) is 5.74. The Morgan fingerprint density at radius 1 is 1.06 bits per heavy atom. The van der Waals surface area contributed by atoms with Crippen molar-refractivity contribution >= 4 is 6.08 Å². The third-order valence-corrected chi connectivity index (χ3v) is 2.55. The van der Waals surface area contributed by atoms with Crippen LogP contribution in [-0.4, -0.2) is 0 Å². The summed E-state index contributed by atoms with van der Waals surface area (Å²) < 4.78 is 0.816. The molecule has 2 heteroatoms. The van der Waals surface area contributed by atoms with Crippen LogP contribution in [0.15, 0.2) is 60.9 Å². The van der Waals surface area contributed by atoms with Crippen molar-refractivity contribution in [2.24, 2.45) is 0 Å². The SMILES string of the molecule is [O-][n+]1cccc(/C=C/CCc2ccccc2)c1. The van der Waals surface area contributed by atoms with Crippen LogP contribution >= 0.6 is 0 Å². The third-order valence-electron chi connectivity index (χ3n) is 2.55. The topological polar surface area (TPSA) is 26.9 Å². The number of hydrogen-bond donors (Lipinski definition) is 0. The average molecular weight is 225 g/mol. The Labute approximate surface area is 101 Å². The van der Waals surface area contributed by atoms with Gasteiger partial charge in [0.1, 0.15) is 0 Å². The number of rotatable bonds is 4. The van der Waals surface area contributed by atoms with Crippen LogP contribution in [-0.2, 0) is 6.42 Å². The van der Waals surface area contributed by atoms with Crippen molar-refractivity contribution in [3.8, 4) is 0 Å². The molecule has 0 N–H and O–H groups in total. The molecule has 0 fully saturated rings. The second-order valence-electron chi connectivity index (χ2n) is 3.92. The van der Waals surface area contributed by atoms with E-state index in [9.17, 15) is 5.21 Å². The van der Waals surface area contributed by atoms with Gasteiger partial charge >= 0.3 is 0 Å². The molecular weight excluding hydrogens is 210 g/mol. The minimum Gasteiger partial charge on any atom is -0.619 e. The van der Waals surface area contributed by atoms with Gasteiger partial charge in [-0.25, -0.2) is 0 Å². The van der Waals surface area contributed by atoms with Gasteiger partial charge in [-0.1, -0.05) is 42.5 Å². The standard InChI is InChI=1S/C15H15NO/c17-16-12-6-11-15(13-16)10-5-4-9-14-7-2-1-3-8-14/h1-3,5-8,10-13H,4,9H2/b10-5+. The molecule has 2 nitrogen and oxygen atoms in total. The predicted octanol–water partition coefficient (Wildman–Crippen LogP) is 2.97. The van der Waals surface area contributed by atoms with Crippen molar-refractivity contribution in [1.82, 2.24) is 0 Å². The maximum Gasteiger partial charge on any atom is 0.187 e. The van der Waals surface area contributed by atoms with E-state index in [2.05, 4.69) is 30.3 Å². The molecule has 0 unspecified atom stereocenters. The maximum atomic E-state index is 11.0. The lowest BCUT2D eigenvalue weighted by Crippen LogP contribution is -2.24. The molecule has 2 aromatic rings. The molecule has 0 saturated carbocycles. The summed E-state index contributed by atoms with van der Waals surface area (Å²) in [6.45, 7) is 0. The first-order chi connectivity index (χ1) is 8.34. The second kappa shape index (κ2) is 5.85. The van der Waals surface area contributed by atoms with Gasteiger partial charge in [0.05, 0.1) is 0 Å². The molecular formula is C15H15NO. The molecule has 0 saturated heterocycles. The number of allylic oxidation sites excluding steroid dienone is 1. The van der Waals surface area contributed by atoms with Gasteiger partial charge < -0.3 is 5.21 Å². The van der Waals surface area contributed by atoms with Crippen molar-refractivity contribution in [2.45, 2.75) is 12.8 Å². The van der Waals surface area contributed by atoms with Crippen molar-refractivity contribution in [3.05, 3.63) is 77.3 Å². The first kappa shape index (κ1) is 11.4. The molecule has 2 rings (SSSR count). The van der Waals surface area contributed by atoms with E-state index in [1.165, 1.54) is 11.8 Å². The Bertz CT molecular complexity index is 491. The van der Waals surface area contributed by atoms with E-state index in [1.807, 2.05) is 18.2 Å². The fourth-order valence-corrected chi connectivity index (χ4v) is 1.68. The monoisotopic (exact) mass is 225 g/mol. The van der Waals surface area contributed by atoms with Crippen LogP contribution in [0.2, 0.25) is 0 Å². The van der Waals surface area contributed by atoms with Gasteiger partial charge in [0, 0.05) is 11.6 Å². The lowest BCUT2D eigenvalue weighted by molar-refractivity contribution is -0.605. The molecule has 0 aliphatic carbocycles. The number of hydrogen-bond acceptors (Lipinski definition) is 1. The quantitative estimate of drug-likeness (QED) is 0.580. The van der Waals surface area contributed by atoms with Crippen molar-refractivity contribution in [2.75, 3.05) is 0 Å². The average Bonchev–Trinajstić information content (AvgIpc) is 2.36. The van der Waals surface area contributed by atoms with E-state index in [1.54, 1.807) is 12.3 Å². The summed E-state index contributed by atoms with van der Waals surface area (Å²) in [5.41, 5.74) is 2.28. The molecule has 0 bridgehead atoms. The number of pyridine rings is 1. The second-order valence-corrected chi connectivity index (χ2v) is 3.92. The summed E-state index contributed by atoms with van der Waals surface area (Å²) in [4.78, 5) is 0. The Morgan fingerprint density at radius 2 is 1.88 bits per heavy atom. The molecule has 1 aromatic heterocycles. The van der Waals surface area contributed by atoms with Crippen molar-refractivity contribution in [1.29, 1.82) is 0 Å². The maximum absolute atomic E-state index is 11.0. The van der Waals surface area contributed by atoms with Gasteiger partial charge in [0.15, 0.2) is 12.4 Å².